The third-order valence-corrected chi connectivity index (χ3v) is 7.83. The van der Waals surface area contributed by atoms with Gasteiger partial charge >= 0.3 is 0 Å². The van der Waals surface area contributed by atoms with Crippen LogP contribution in [0.3, 0.4) is 0 Å². The molecule has 214 valence electrons. The SMILES string of the molecule is CC1(C)O[C@@H]2C[C@@](OCc3ccccc3)(C(=O)NCCN3CCOCC3)CC(OCc3ccccc3C#N)[C@@H]2O1. The van der Waals surface area contributed by atoms with Crippen LogP contribution in [0.15, 0.2) is 54.6 Å². The van der Waals surface area contributed by atoms with Crippen molar-refractivity contribution in [3.05, 3.63) is 71.3 Å². The second kappa shape index (κ2) is 12.8. The molecule has 2 heterocycles. The summed E-state index contributed by atoms with van der Waals surface area (Å²) >= 11 is 0. The smallest absolute Gasteiger partial charge is 0.252 e. The summed E-state index contributed by atoms with van der Waals surface area (Å²) in [7, 11) is 0. The molecule has 2 aromatic carbocycles. The number of hydrogen-bond donors (Lipinski definition) is 1. The summed E-state index contributed by atoms with van der Waals surface area (Å²) in [6.45, 7) is 8.64. The first-order chi connectivity index (χ1) is 19.4. The van der Waals surface area contributed by atoms with E-state index < -0.39 is 17.5 Å². The fourth-order valence-corrected chi connectivity index (χ4v) is 5.77. The molecular weight excluding hydrogens is 510 g/mol. The number of ether oxygens (including phenoxy) is 5. The van der Waals surface area contributed by atoms with E-state index in [0.717, 1.165) is 30.8 Å². The highest BCUT2D eigenvalue weighted by molar-refractivity contribution is 5.85. The number of rotatable bonds is 10. The zero-order chi connectivity index (χ0) is 28.0. The fourth-order valence-electron chi connectivity index (χ4n) is 5.77. The maximum atomic E-state index is 14.0. The highest BCUT2D eigenvalue weighted by Crippen LogP contribution is 2.44. The van der Waals surface area contributed by atoms with Crippen molar-refractivity contribution >= 4 is 5.91 Å². The summed E-state index contributed by atoms with van der Waals surface area (Å²) < 4.78 is 31.0. The standard InChI is InChI=1S/C31H39N3O6/c1-30(2)39-27-19-31(38-21-23-8-4-3-5-9-23,29(35)33-12-13-34-14-16-36-17-15-34)18-26(28(27)40-30)37-22-25-11-7-6-10-24(25)20-32/h3-11,26-28H,12-19,21-22H2,1-2H3,(H,33,35)/t26?,27-,28+,31-/m1/s1. The first-order valence-corrected chi connectivity index (χ1v) is 14.1. The zero-order valence-electron chi connectivity index (χ0n) is 23.3. The van der Waals surface area contributed by atoms with Crippen LogP contribution in [0.25, 0.3) is 0 Å². The Bertz CT molecular complexity index is 1180. The topological polar surface area (TPSA) is 102 Å². The molecule has 9 heteroatoms. The molecule has 9 nitrogen and oxygen atoms in total. The van der Waals surface area contributed by atoms with Crippen LogP contribution < -0.4 is 5.32 Å². The quantitative estimate of drug-likeness (QED) is 0.482. The lowest BCUT2D eigenvalue weighted by Crippen LogP contribution is -2.60. The Morgan fingerprint density at radius 2 is 1.80 bits per heavy atom. The first-order valence-electron chi connectivity index (χ1n) is 14.1. The van der Waals surface area contributed by atoms with Crippen LogP contribution in [0.4, 0.5) is 0 Å². The van der Waals surface area contributed by atoms with E-state index in [9.17, 15) is 10.1 Å². The molecule has 2 aromatic rings. The lowest BCUT2D eigenvalue weighted by atomic mass is 9.78. The van der Waals surface area contributed by atoms with Crippen molar-refractivity contribution in [2.24, 2.45) is 0 Å². The van der Waals surface area contributed by atoms with Gasteiger partial charge in [-0.05, 0) is 31.0 Å². The Morgan fingerprint density at radius 1 is 1.05 bits per heavy atom. The second-order valence-corrected chi connectivity index (χ2v) is 11.1. The summed E-state index contributed by atoms with van der Waals surface area (Å²) in [4.78, 5) is 16.3. The Morgan fingerprint density at radius 3 is 2.58 bits per heavy atom. The molecule has 5 rings (SSSR count). The Hall–Kier alpha value is -2.84. The van der Waals surface area contributed by atoms with E-state index in [1.54, 1.807) is 6.07 Å². The normalized spacial score (nSPS) is 28.0. The van der Waals surface area contributed by atoms with Crippen molar-refractivity contribution in [3.8, 4) is 6.07 Å². The van der Waals surface area contributed by atoms with Gasteiger partial charge in [-0.15, -0.1) is 0 Å². The van der Waals surface area contributed by atoms with E-state index in [1.165, 1.54) is 0 Å². The molecule has 3 fully saturated rings. The molecule has 1 N–H and O–H groups in total. The third kappa shape index (κ3) is 6.89. The number of nitrogens with one attached hydrogen (secondary N) is 1. The number of carbonyl (C=O) groups excluding carboxylic acids is 1. The predicted octanol–water partition coefficient (Wildman–Crippen LogP) is 3.16. The third-order valence-electron chi connectivity index (χ3n) is 7.83. The van der Waals surface area contributed by atoms with E-state index in [4.69, 9.17) is 23.7 Å². The van der Waals surface area contributed by atoms with Gasteiger partial charge in [0.15, 0.2) is 11.4 Å². The number of nitriles is 1. The van der Waals surface area contributed by atoms with Gasteiger partial charge in [0.2, 0.25) is 0 Å². The maximum Gasteiger partial charge on any atom is 0.252 e. The molecule has 1 unspecified atom stereocenters. The molecule has 2 aliphatic heterocycles. The highest BCUT2D eigenvalue weighted by Gasteiger charge is 2.58. The molecule has 1 aliphatic carbocycles. The summed E-state index contributed by atoms with van der Waals surface area (Å²) in [5.74, 6) is -0.987. The molecule has 3 aliphatic rings. The average molecular weight is 550 g/mol. The van der Waals surface area contributed by atoms with Gasteiger partial charge < -0.3 is 29.0 Å². The van der Waals surface area contributed by atoms with Crippen molar-refractivity contribution in [1.29, 1.82) is 5.26 Å². The van der Waals surface area contributed by atoms with Crippen molar-refractivity contribution in [2.75, 3.05) is 39.4 Å². The van der Waals surface area contributed by atoms with Gasteiger partial charge in [-0.3, -0.25) is 9.69 Å². The Kier molecular flexibility index (Phi) is 9.16. The molecule has 0 bridgehead atoms. The van der Waals surface area contributed by atoms with Crippen molar-refractivity contribution in [3.63, 3.8) is 0 Å². The maximum absolute atomic E-state index is 14.0. The minimum Gasteiger partial charge on any atom is -0.379 e. The van der Waals surface area contributed by atoms with Gasteiger partial charge in [0, 0.05) is 39.0 Å². The fraction of sp³-hybridized carbons (Fsp3) is 0.548. The molecule has 2 saturated heterocycles. The van der Waals surface area contributed by atoms with E-state index in [-0.39, 0.29) is 31.3 Å². The molecule has 0 aromatic heterocycles. The minimum atomic E-state index is -1.18. The van der Waals surface area contributed by atoms with Crippen LogP contribution >= 0.6 is 0 Å². The van der Waals surface area contributed by atoms with E-state index in [0.29, 0.717) is 38.2 Å². The van der Waals surface area contributed by atoms with E-state index >= 15 is 0 Å². The van der Waals surface area contributed by atoms with Gasteiger partial charge in [-0.2, -0.15) is 5.26 Å². The van der Waals surface area contributed by atoms with Crippen LogP contribution in [0.5, 0.6) is 0 Å². The molecular formula is C31H39N3O6. The van der Waals surface area contributed by atoms with E-state index in [1.807, 2.05) is 62.4 Å². The van der Waals surface area contributed by atoms with Gasteiger partial charge in [-0.25, -0.2) is 0 Å². The van der Waals surface area contributed by atoms with Gasteiger partial charge in [0.25, 0.3) is 5.91 Å². The van der Waals surface area contributed by atoms with Crippen LogP contribution in [-0.2, 0) is 41.7 Å². The molecule has 1 amide bonds. The lowest BCUT2D eigenvalue weighted by Gasteiger charge is -2.43. The number of nitrogens with zero attached hydrogens (tertiary/aromatic N) is 2. The minimum absolute atomic E-state index is 0.172. The molecule has 1 saturated carbocycles. The Labute approximate surface area is 236 Å². The summed E-state index contributed by atoms with van der Waals surface area (Å²) in [5, 5.41) is 12.7. The highest BCUT2D eigenvalue weighted by atomic mass is 16.8. The van der Waals surface area contributed by atoms with Gasteiger partial charge in [-0.1, -0.05) is 48.5 Å². The van der Waals surface area contributed by atoms with Crippen LogP contribution in [-0.4, -0.2) is 79.9 Å². The van der Waals surface area contributed by atoms with Crippen molar-refractivity contribution in [2.45, 2.75) is 69.6 Å². The van der Waals surface area contributed by atoms with Crippen LogP contribution in [0, 0.1) is 11.3 Å². The predicted molar refractivity (Wildman–Crippen MR) is 147 cm³/mol. The number of carbonyl (C=O) groups is 1. The number of fused-ring (bicyclic) bond motifs is 1. The average Bonchev–Trinajstić information content (AvgIpc) is 3.29. The number of hydrogen-bond acceptors (Lipinski definition) is 8. The largest absolute Gasteiger partial charge is 0.379 e. The zero-order valence-corrected chi connectivity index (χ0v) is 23.3. The van der Waals surface area contributed by atoms with E-state index in [2.05, 4.69) is 16.3 Å². The second-order valence-electron chi connectivity index (χ2n) is 11.1. The van der Waals surface area contributed by atoms with Gasteiger partial charge in [0.1, 0.15) is 6.10 Å². The van der Waals surface area contributed by atoms with Crippen LogP contribution in [0.2, 0.25) is 0 Å². The van der Waals surface area contributed by atoms with Crippen LogP contribution in [0.1, 0.15) is 43.4 Å². The van der Waals surface area contributed by atoms with Crippen molar-refractivity contribution in [1.82, 2.24) is 10.2 Å². The summed E-state index contributed by atoms with van der Waals surface area (Å²) in [6, 6.07) is 19.4. The number of benzene rings is 2. The van der Waals surface area contributed by atoms with Crippen molar-refractivity contribution < 1.29 is 28.5 Å². The molecule has 4 atom stereocenters. The molecule has 0 radical (unpaired) electrons. The first kappa shape index (κ1) is 28.7. The number of morpholine rings is 1. The van der Waals surface area contributed by atoms with Gasteiger partial charge in [0.05, 0.1) is 50.3 Å². The Balaban J connectivity index is 1.36. The summed E-state index contributed by atoms with van der Waals surface area (Å²) in [6.07, 6.45) is -0.572. The number of amides is 1. The molecule has 0 spiro atoms. The lowest BCUT2D eigenvalue weighted by molar-refractivity contribution is -0.183. The summed E-state index contributed by atoms with van der Waals surface area (Å²) in [5.41, 5.74) is 1.15. The monoisotopic (exact) mass is 549 g/mol. The molecule has 40 heavy (non-hydrogen) atoms.